The first-order chi connectivity index (χ1) is 7.52. The SMILES string of the molecule is C[C@@H](O)[C@H](NC(=O)C1CCCCS1)C(=O)O. The second kappa shape index (κ2) is 6.10. The number of amides is 1. The maximum absolute atomic E-state index is 11.7. The second-order valence-corrected chi connectivity index (χ2v) is 5.23. The Morgan fingerprint density at radius 1 is 1.44 bits per heavy atom. The van der Waals surface area contributed by atoms with Crippen LogP contribution in [0.1, 0.15) is 26.2 Å². The van der Waals surface area contributed by atoms with Gasteiger partial charge in [-0.05, 0) is 25.5 Å². The first kappa shape index (κ1) is 13.3. The fourth-order valence-electron chi connectivity index (χ4n) is 1.58. The molecule has 0 aromatic carbocycles. The van der Waals surface area contributed by atoms with Gasteiger partial charge in [-0.2, -0.15) is 0 Å². The smallest absolute Gasteiger partial charge is 0.328 e. The standard InChI is InChI=1S/C10H17NO4S/c1-6(12)8(10(14)15)11-9(13)7-4-2-3-5-16-7/h6-8,12H,2-5H2,1H3,(H,11,13)(H,14,15)/t6-,7?,8+/m1/s1. The summed E-state index contributed by atoms with van der Waals surface area (Å²) >= 11 is 1.55. The summed E-state index contributed by atoms with van der Waals surface area (Å²) in [7, 11) is 0. The van der Waals surface area contributed by atoms with Gasteiger partial charge in [0.05, 0.1) is 11.4 Å². The molecule has 3 atom stereocenters. The van der Waals surface area contributed by atoms with Crippen molar-refractivity contribution in [2.45, 2.75) is 43.6 Å². The largest absolute Gasteiger partial charge is 0.480 e. The van der Waals surface area contributed by atoms with E-state index in [2.05, 4.69) is 5.32 Å². The highest BCUT2D eigenvalue weighted by molar-refractivity contribution is 8.00. The van der Waals surface area contributed by atoms with Gasteiger partial charge in [0, 0.05) is 0 Å². The molecule has 0 bridgehead atoms. The van der Waals surface area contributed by atoms with Crippen LogP contribution in [0.4, 0.5) is 0 Å². The third-order valence-corrected chi connectivity index (χ3v) is 3.89. The Morgan fingerprint density at radius 3 is 2.56 bits per heavy atom. The third kappa shape index (κ3) is 3.68. The van der Waals surface area contributed by atoms with Crippen molar-refractivity contribution in [3.8, 4) is 0 Å². The molecule has 1 saturated heterocycles. The lowest BCUT2D eigenvalue weighted by atomic mass is 10.1. The Morgan fingerprint density at radius 2 is 2.12 bits per heavy atom. The summed E-state index contributed by atoms with van der Waals surface area (Å²) in [6.45, 7) is 1.35. The van der Waals surface area contributed by atoms with Crippen LogP contribution in [0, 0.1) is 0 Å². The highest BCUT2D eigenvalue weighted by Gasteiger charge is 2.29. The molecule has 0 aromatic rings. The van der Waals surface area contributed by atoms with E-state index in [0.717, 1.165) is 25.0 Å². The molecule has 0 spiro atoms. The quantitative estimate of drug-likeness (QED) is 0.661. The van der Waals surface area contributed by atoms with Gasteiger partial charge in [-0.15, -0.1) is 11.8 Å². The van der Waals surface area contributed by atoms with Crippen LogP contribution in [0.2, 0.25) is 0 Å². The molecule has 0 aliphatic carbocycles. The normalized spacial score (nSPS) is 24.5. The van der Waals surface area contributed by atoms with E-state index in [-0.39, 0.29) is 11.2 Å². The van der Waals surface area contributed by atoms with Gasteiger partial charge in [0.2, 0.25) is 5.91 Å². The first-order valence-corrected chi connectivity index (χ1v) is 6.40. The van der Waals surface area contributed by atoms with Gasteiger partial charge in [0.25, 0.3) is 0 Å². The van der Waals surface area contributed by atoms with Crippen molar-refractivity contribution in [3.05, 3.63) is 0 Å². The predicted molar refractivity (Wildman–Crippen MR) is 61.3 cm³/mol. The number of thioether (sulfide) groups is 1. The zero-order valence-corrected chi connectivity index (χ0v) is 10.00. The Labute approximate surface area is 98.6 Å². The molecular formula is C10H17NO4S. The number of carbonyl (C=O) groups is 2. The summed E-state index contributed by atoms with van der Waals surface area (Å²) in [5.41, 5.74) is 0. The molecule has 0 saturated carbocycles. The van der Waals surface area contributed by atoms with Crippen molar-refractivity contribution in [1.29, 1.82) is 0 Å². The van der Waals surface area contributed by atoms with Gasteiger partial charge in [-0.25, -0.2) is 4.79 Å². The van der Waals surface area contributed by atoms with Crippen LogP contribution in [-0.4, -0.2) is 45.2 Å². The van der Waals surface area contributed by atoms with Crippen molar-refractivity contribution in [2.24, 2.45) is 0 Å². The fraction of sp³-hybridized carbons (Fsp3) is 0.800. The molecule has 1 rings (SSSR count). The van der Waals surface area contributed by atoms with E-state index in [4.69, 9.17) is 5.11 Å². The molecule has 1 amide bonds. The number of aliphatic hydroxyl groups excluding tert-OH is 1. The molecular weight excluding hydrogens is 230 g/mol. The van der Waals surface area contributed by atoms with Gasteiger partial charge < -0.3 is 15.5 Å². The zero-order valence-electron chi connectivity index (χ0n) is 9.18. The number of carboxylic acid groups (broad SMARTS) is 1. The monoisotopic (exact) mass is 247 g/mol. The van der Waals surface area contributed by atoms with E-state index in [1.54, 1.807) is 11.8 Å². The predicted octanol–water partition coefficient (Wildman–Crippen LogP) is 0.222. The van der Waals surface area contributed by atoms with Crippen molar-refractivity contribution in [1.82, 2.24) is 5.32 Å². The summed E-state index contributed by atoms with van der Waals surface area (Å²) in [5, 5.41) is 20.2. The lowest BCUT2D eigenvalue weighted by Gasteiger charge is -2.23. The van der Waals surface area contributed by atoms with E-state index in [1.165, 1.54) is 6.92 Å². The Balaban J connectivity index is 2.50. The number of hydrogen-bond acceptors (Lipinski definition) is 4. The van der Waals surface area contributed by atoms with Crippen LogP contribution in [0.3, 0.4) is 0 Å². The first-order valence-electron chi connectivity index (χ1n) is 5.35. The molecule has 1 aliphatic heterocycles. The summed E-state index contributed by atoms with van der Waals surface area (Å²) < 4.78 is 0. The van der Waals surface area contributed by atoms with E-state index in [0.29, 0.717) is 0 Å². The van der Waals surface area contributed by atoms with E-state index < -0.39 is 18.1 Å². The van der Waals surface area contributed by atoms with E-state index in [1.807, 2.05) is 0 Å². The zero-order chi connectivity index (χ0) is 12.1. The molecule has 16 heavy (non-hydrogen) atoms. The van der Waals surface area contributed by atoms with Crippen molar-refractivity contribution >= 4 is 23.6 Å². The molecule has 1 heterocycles. The van der Waals surface area contributed by atoms with Crippen LogP contribution in [0.25, 0.3) is 0 Å². The molecule has 1 aliphatic rings. The highest BCUT2D eigenvalue weighted by Crippen LogP contribution is 2.25. The lowest BCUT2D eigenvalue weighted by molar-refractivity contribution is -0.144. The summed E-state index contributed by atoms with van der Waals surface area (Å²) in [4.78, 5) is 22.5. The average molecular weight is 247 g/mol. The minimum Gasteiger partial charge on any atom is -0.480 e. The van der Waals surface area contributed by atoms with Gasteiger partial charge >= 0.3 is 5.97 Å². The minimum atomic E-state index is -1.21. The van der Waals surface area contributed by atoms with Crippen LogP contribution >= 0.6 is 11.8 Å². The average Bonchev–Trinajstić information content (AvgIpc) is 2.25. The third-order valence-electron chi connectivity index (χ3n) is 2.52. The van der Waals surface area contributed by atoms with Crippen LogP contribution in [-0.2, 0) is 9.59 Å². The molecule has 92 valence electrons. The molecule has 1 unspecified atom stereocenters. The number of carboxylic acids is 1. The maximum Gasteiger partial charge on any atom is 0.328 e. The van der Waals surface area contributed by atoms with Crippen LogP contribution in [0.5, 0.6) is 0 Å². The fourth-order valence-corrected chi connectivity index (χ4v) is 2.79. The number of aliphatic carboxylic acids is 1. The summed E-state index contributed by atoms with van der Waals surface area (Å²) in [6.07, 6.45) is 1.79. The number of rotatable bonds is 4. The number of hydrogen-bond donors (Lipinski definition) is 3. The van der Waals surface area contributed by atoms with Crippen LogP contribution < -0.4 is 5.32 Å². The van der Waals surface area contributed by atoms with Gasteiger partial charge in [0.1, 0.15) is 0 Å². The Kier molecular flexibility index (Phi) is 5.08. The van der Waals surface area contributed by atoms with E-state index >= 15 is 0 Å². The highest BCUT2D eigenvalue weighted by atomic mass is 32.2. The number of aliphatic hydroxyl groups is 1. The maximum atomic E-state index is 11.7. The molecule has 0 radical (unpaired) electrons. The second-order valence-electron chi connectivity index (χ2n) is 3.92. The van der Waals surface area contributed by atoms with Gasteiger partial charge in [0.15, 0.2) is 6.04 Å². The number of carbonyl (C=O) groups excluding carboxylic acids is 1. The van der Waals surface area contributed by atoms with E-state index in [9.17, 15) is 14.7 Å². The van der Waals surface area contributed by atoms with Crippen molar-refractivity contribution in [3.63, 3.8) is 0 Å². The minimum absolute atomic E-state index is 0.172. The van der Waals surface area contributed by atoms with Crippen LogP contribution in [0.15, 0.2) is 0 Å². The summed E-state index contributed by atoms with van der Waals surface area (Å²) in [5.74, 6) is -0.549. The van der Waals surface area contributed by atoms with Gasteiger partial charge in [-0.1, -0.05) is 6.42 Å². The van der Waals surface area contributed by atoms with Crippen molar-refractivity contribution < 1.29 is 19.8 Å². The molecule has 0 aromatic heterocycles. The lowest BCUT2D eigenvalue weighted by Crippen LogP contribution is -2.50. The van der Waals surface area contributed by atoms with Gasteiger partial charge in [-0.3, -0.25) is 4.79 Å². The Bertz CT molecular complexity index is 264. The molecule has 6 heteroatoms. The topological polar surface area (TPSA) is 86.6 Å². The molecule has 1 fully saturated rings. The molecule has 5 nitrogen and oxygen atoms in total. The summed E-state index contributed by atoms with van der Waals surface area (Å²) in [6, 6.07) is -1.21. The van der Waals surface area contributed by atoms with Crippen molar-refractivity contribution in [2.75, 3.05) is 5.75 Å². The number of nitrogens with one attached hydrogen (secondary N) is 1. The Hall–Kier alpha value is -0.750. The molecule has 3 N–H and O–H groups in total.